The summed E-state index contributed by atoms with van der Waals surface area (Å²) in [5.74, 6) is -0.339. The maximum atomic E-state index is 15.0. The molecule has 3 fully saturated rings. The van der Waals surface area contributed by atoms with Gasteiger partial charge in [0, 0.05) is 17.6 Å². The lowest BCUT2D eigenvalue weighted by Gasteiger charge is -2.42. The van der Waals surface area contributed by atoms with Crippen molar-refractivity contribution < 1.29 is 17.6 Å². The molecule has 2 saturated carbocycles. The van der Waals surface area contributed by atoms with Crippen LogP contribution >= 0.6 is 0 Å². The number of aromatic nitrogens is 3. The molecule has 3 aromatic rings. The highest BCUT2D eigenvalue weighted by Crippen LogP contribution is 2.36. The van der Waals surface area contributed by atoms with Gasteiger partial charge in [0.25, 0.3) is 5.91 Å². The number of benzene rings is 1. The molecule has 0 spiro atoms. The van der Waals surface area contributed by atoms with E-state index in [1.807, 2.05) is 6.92 Å². The van der Waals surface area contributed by atoms with Crippen molar-refractivity contribution in [3.63, 3.8) is 0 Å². The zero-order valence-corrected chi connectivity index (χ0v) is 23.4. The van der Waals surface area contributed by atoms with Gasteiger partial charge < -0.3 is 4.90 Å². The van der Waals surface area contributed by atoms with Crippen LogP contribution in [0.15, 0.2) is 30.3 Å². The Morgan fingerprint density at radius 1 is 0.974 bits per heavy atom. The van der Waals surface area contributed by atoms with Crippen LogP contribution in [0.1, 0.15) is 92.7 Å². The minimum atomic E-state index is -3.16. The standard InChI is InChI=1S/C30H37FN4O3S/c1-20-28-25(30(36)34(21-10-4-2-5-11-21)22-12-6-3-7-13-22)18-27(24-14-8-9-15-26(24)31)32-29(28)35(33-20)23-16-17-39(37,38)19-23/h8-9,14-15,18,21-23H,2-7,10-13,16-17,19H2,1H3. The smallest absolute Gasteiger partial charge is 0.255 e. The Labute approximate surface area is 229 Å². The highest BCUT2D eigenvalue weighted by molar-refractivity contribution is 7.91. The van der Waals surface area contributed by atoms with Gasteiger partial charge in [-0.15, -0.1) is 0 Å². The van der Waals surface area contributed by atoms with E-state index in [1.54, 1.807) is 28.9 Å². The van der Waals surface area contributed by atoms with Crippen molar-refractivity contribution in [1.29, 1.82) is 0 Å². The number of fused-ring (bicyclic) bond motifs is 1. The normalized spacial score (nSPS) is 22.4. The van der Waals surface area contributed by atoms with E-state index >= 15 is 4.39 Å². The van der Waals surface area contributed by atoms with Crippen LogP contribution in [0.3, 0.4) is 0 Å². The second kappa shape index (κ2) is 10.6. The predicted octanol–water partition coefficient (Wildman–Crippen LogP) is 6.01. The molecule has 2 aromatic heterocycles. The molecular formula is C30H37FN4O3S. The largest absolute Gasteiger partial charge is 0.333 e. The van der Waals surface area contributed by atoms with Crippen molar-refractivity contribution in [3.8, 4) is 11.3 Å². The fourth-order valence-electron chi connectivity index (χ4n) is 7.00. The van der Waals surface area contributed by atoms with Crippen LogP contribution in [0, 0.1) is 12.7 Å². The summed E-state index contributed by atoms with van der Waals surface area (Å²) >= 11 is 0. The minimum Gasteiger partial charge on any atom is -0.333 e. The Balaban J connectivity index is 1.53. The number of halogens is 1. The van der Waals surface area contributed by atoms with E-state index < -0.39 is 15.7 Å². The van der Waals surface area contributed by atoms with E-state index in [1.165, 1.54) is 18.9 Å². The van der Waals surface area contributed by atoms with Crippen LogP contribution in [-0.4, -0.2) is 57.6 Å². The fraction of sp³-hybridized carbons (Fsp3) is 0.567. The van der Waals surface area contributed by atoms with Gasteiger partial charge in [-0.3, -0.25) is 4.79 Å². The zero-order chi connectivity index (χ0) is 27.1. The summed E-state index contributed by atoms with van der Waals surface area (Å²) in [5, 5.41) is 5.40. The molecule has 3 heterocycles. The number of aryl methyl sites for hydroxylation is 1. The molecule has 0 N–H and O–H groups in total. The summed E-state index contributed by atoms with van der Waals surface area (Å²) in [6.07, 6.45) is 11.4. The van der Waals surface area contributed by atoms with Crippen LogP contribution < -0.4 is 0 Å². The van der Waals surface area contributed by atoms with Crippen LogP contribution in [0.4, 0.5) is 4.39 Å². The van der Waals surface area contributed by atoms with Gasteiger partial charge in [0.15, 0.2) is 15.5 Å². The van der Waals surface area contributed by atoms with E-state index in [9.17, 15) is 13.2 Å². The first kappa shape index (κ1) is 26.4. The number of sulfone groups is 1. The van der Waals surface area contributed by atoms with Gasteiger partial charge in [-0.2, -0.15) is 5.10 Å². The van der Waals surface area contributed by atoms with Crippen LogP contribution in [0.2, 0.25) is 0 Å². The fourth-order valence-corrected chi connectivity index (χ4v) is 8.69. The molecule has 0 radical (unpaired) electrons. The Morgan fingerprint density at radius 3 is 2.21 bits per heavy atom. The summed E-state index contributed by atoms with van der Waals surface area (Å²) in [6.45, 7) is 1.86. The van der Waals surface area contributed by atoms with Gasteiger partial charge in [0.05, 0.1) is 39.9 Å². The number of amides is 1. The first-order chi connectivity index (χ1) is 18.8. The molecule has 6 rings (SSSR count). The summed E-state index contributed by atoms with van der Waals surface area (Å²) < 4.78 is 41.4. The van der Waals surface area contributed by atoms with Gasteiger partial charge >= 0.3 is 0 Å². The number of pyridine rings is 1. The third-order valence-electron chi connectivity index (χ3n) is 8.94. The molecule has 1 atom stereocenters. The molecule has 7 nitrogen and oxygen atoms in total. The number of carbonyl (C=O) groups excluding carboxylic acids is 1. The summed E-state index contributed by atoms with van der Waals surface area (Å²) in [6, 6.07) is 8.24. The average molecular weight is 553 g/mol. The Kier molecular flexibility index (Phi) is 7.20. The van der Waals surface area contributed by atoms with Crippen molar-refractivity contribution >= 4 is 26.8 Å². The Bertz CT molecular complexity index is 1470. The summed E-state index contributed by atoms with van der Waals surface area (Å²) in [4.78, 5) is 21.7. The second-order valence-electron chi connectivity index (χ2n) is 11.6. The number of carbonyl (C=O) groups is 1. The molecule has 1 amide bonds. The van der Waals surface area contributed by atoms with Crippen LogP contribution in [-0.2, 0) is 9.84 Å². The van der Waals surface area contributed by atoms with Crippen molar-refractivity contribution in [2.75, 3.05) is 11.5 Å². The molecule has 208 valence electrons. The lowest BCUT2D eigenvalue weighted by molar-refractivity contribution is 0.0450. The van der Waals surface area contributed by atoms with E-state index in [2.05, 4.69) is 4.90 Å². The molecule has 1 unspecified atom stereocenters. The Hall–Kier alpha value is -2.81. The quantitative estimate of drug-likeness (QED) is 0.387. The van der Waals surface area contributed by atoms with Crippen LogP contribution in [0.5, 0.6) is 0 Å². The van der Waals surface area contributed by atoms with Gasteiger partial charge in [-0.05, 0) is 57.2 Å². The van der Waals surface area contributed by atoms with E-state index in [-0.39, 0.29) is 35.5 Å². The maximum absolute atomic E-state index is 15.0. The zero-order valence-electron chi connectivity index (χ0n) is 22.6. The number of hydrogen-bond donors (Lipinski definition) is 0. The summed E-state index contributed by atoms with van der Waals surface area (Å²) in [7, 11) is -3.16. The van der Waals surface area contributed by atoms with Crippen LogP contribution in [0.25, 0.3) is 22.3 Å². The van der Waals surface area contributed by atoms with Crippen molar-refractivity contribution in [2.24, 2.45) is 0 Å². The lowest BCUT2D eigenvalue weighted by Crippen LogP contribution is -2.48. The topological polar surface area (TPSA) is 85.2 Å². The molecule has 39 heavy (non-hydrogen) atoms. The minimum absolute atomic E-state index is 0.00558. The molecular weight excluding hydrogens is 515 g/mol. The van der Waals surface area contributed by atoms with E-state index in [0.29, 0.717) is 40.0 Å². The molecule has 0 bridgehead atoms. The SMILES string of the molecule is Cc1nn(C2CCS(=O)(=O)C2)c2nc(-c3ccccc3F)cc(C(=O)N(C3CCCCC3)C3CCCCC3)c12. The molecule has 1 saturated heterocycles. The van der Waals surface area contributed by atoms with Gasteiger partial charge in [-0.1, -0.05) is 50.7 Å². The monoisotopic (exact) mass is 552 g/mol. The van der Waals surface area contributed by atoms with Crippen molar-refractivity contribution in [2.45, 2.75) is 95.7 Å². The highest BCUT2D eigenvalue weighted by atomic mass is 32.2. The second-order valence-corrected chi connectivity index (χ2v) is 13.8. The average Bonchev–Trinajstić information content (AvgIpc) is 3.48. The number of nitrogens with zero attached hydrogens (tertiary/aromatic N) is 4. The number of hydrogen-bond acceptors (Lipinski definition) is 5. The summed E-state index contributed by atoms with van der Waals surface area (Å²) in [5.41, 5.74) is 2.31. The first-order valence-electron chi connectivity index (χ1n) is 14.5. The maximum Gasteiger partial charge on any atom is 0.255 e. The lowest BCUT2D eigenvalue weighted by atomic mass is 9.87. The molecule has 2 aliphatic carbocycles. The van der Waals surface area contributed by atoms with Crippen molar-refractivity contribution in [1.82, 2.24) is 19.7 Å². The number of rotatable bonds is 5. The predicted molar refractivity (Wildman–Crippen MR) is 150 cm³/mol. The Morgan fingerprint density at radius 2 is 1.62 bits per heavy atom. The van der Waals surface area contributed by atoms with Crippen molar-refractivity contribution in [3.05, 3.63) is 47.4 Å². The van der Waals surface area contributed by atoms with E-state index in [4.69, 9.17) is 10.1 Å². The first-order valence-corrected chi connectivity index (χ1v) is 16.3. The molecule has 9 heteroatoms. The van der Waals surface area contributed by atoms with E-state index in [0.717, 1.165) is 51.4 Å². The third kappa shape index (κ3) is 5.10. The molecule has 1 aromatic carbocycles. The highest BCUT2D eigenvalue weighted by Gasteiger charge is 2.36. The molecule has 3 aliphatic rings. The van der Waals surface area contributed by atoms with Gasteiger partial charge in [0.2, 0.25) is 0 Å². The molecule has 1 aliphatic heterocycles. The third-order valence-corrected chi connectivity index (χ3v) is 10.7. The van der Waals surface area contributed by atoms with Gasteiger partial charge in [-0.25, -0.2) is 22.5 Å². The van der Waals surface area contributed by atoms with Gasteiger partial charge in [0.1, 0.15) is 5.82 Å².